The minimum Gasteiger partial charge on any atom is -0.497 e. The normalized spacial score (nSPS) is 17.4. The van der Waals surface area contributed by atoms with Gasteiger partial charge in [0.05, 0.1) is 7.11 Å². The molecular formula is C18H21N3O2S. The molecular weight excluding hydrogens is 322 g/mol. The Hall–Kier alpha value is -2.34. The van der Waals surface area contributed by atoms with E-state index in [1.165, 1.54) is 17.0 Å². The Morgan fingerprint density at radius 2 is 2.46 bits per heavy atom. The molecule has 1 aliphatic heterocycles. The van der Waals surface area contributed by atoms with Crippen molar-refractivity contribution in [2.24, 2.45) is 5.92 Å². The highest BCUT2D eigenvalue weighted by atomic mass is 32.1. The number of amides is 1. The van der Waals surface area contributed by atoms with E-state index in [1.54, 1.807) is 25.5 Å². The maximum Gasteiger partial charge on any atom is 0.244 e. The van der Waals surface area contributed by atoms with E-state index in [0.717, 1.165) is 30.3 Å². The van der Waals surface area contributed by atoms with E-state index < -0.39 is 0 Å². The van der Waals surface area contributed by atoms with Crippen LogP contribution in [-0.2, 0) is 4.79 Å². The van der Waals surface area contributed by atoms with Crippen molar-refractivity contribution in [3.05, 3.63) is 46.9 Å². The minimum absolute atomic E-state index is 0.0648. The van der Waals surface area contributed by atoms with Gasteiger partial charge >= 0.3 is 0 Å². The fourth-order valence-corrected chi connectivity index (χ4v) is 3.34. The van der Waals surface area contributed by atoms with Gasteiger partial charge in [-0.1, -0.05) is 6.07 Å². The summed E-state index contributed by atoms with van der Waals surface area (Å²) in [5.41, 5.74) is 1.17. The third kappa shape index (κ3) is 4.35. The molecule has 1 aromatic heterocycles. The zero-order chi connectivity index (χ0) is 16.8. The first-order valence-electron chi connectivity index (χ1n) is 7.99. The molecule has 1 saturated heterocycles. The van der Waals surface area contributed by atoms with E-state index >= 15 is 0 Å². The lowest BCUT2D eigenvalue weighted by Crippen LogP contribution is -2.29. The highest BCUT2D eigenvalue weighted by Gasteiger charge is 2.23. The van der Waals surface area contributed by atoms with Crippen LogP contribution < -0.4 is 15.0 Å². The summed E-state index contributed by atoms with van der Waals surface area (Å²) in [6.07, 6.45) is 6.10. The molecule has 6 heteroatoms. The molecule has 1 atom stereocenters. The van der Waals surface area contributed by atoms with Crippen LogP contribution in [0.1, 0.15) is 11.4 Å². The number of benzene rings is 1. The Morgan fingerprint density at radius 3 is 3.25 bits per heavy atom. The molecule has 126 valence electrons. The maximum absolute atomic E-state index is 11.9. The van der Waals surface area contributed by atoms with Gasteiger partial charge in [0.25, 0.3) is 0 Å². The van der Waals surface area contributed by atoms with E-state index in [-0.39, 0.29) is 5.91 Å². The number of thiazole rings is 1. The molecule has 1 N–H and O–H groups in total. The molecule has 1 unspecified atom stereocenters. The third-order valence-electron chi connectivity index (χ3n) is 4.10. The lowest BCUT2D eigenvalue weighted by Gasteiger charge is -2.19. The molecule has 5 nitrogen and oxygen atoms in total. The molecule has 0 spiro atoms. The zero-order valence-corrected chi connectivity index (χ0v) is 14.5. The van der Waals surface area contributed by atoms with Gasteiger partial charge in [-0.15, -0.1) is 11.3 Å². The number of anilines is 1. The number of methoxy groups -OCH3 is 1. The first kappa shape index (κ1) is 16.5. The van der Waals surface area contributed by atoms with Crippen molar-refractivity contribution in [2.45, 2.75) is 6.42 Å². The second-order valence-corrected chi connectivity index (χ2v) is 6.68. The van der Waals surface area contributed by atoms with E-state index in [2.05, 4.69) is 27.3 Å². The predicted molar refractivity (Wildman–Crippen MR) is 97.5 cm³/mol. The molecule has 0 bridgehead atoms. The number of aromatic nitrogens is 1. The van der Waals surface area contributed by atoms with Crippen LogP contribution in [0.2, 0.25) is 0 Å². The van der Waals surface area contributed by atoms with Gasteiger partial charge in [-0.2, -0.15) is 0 Å². The van der Waals surface area contributed by atoms with Crippen LogP contribution in [0.15, 0.2) is 41.9 Å². The number of ether oxygens (including phenoxy) is 1. The largest absolute Gasteiger partial charge is 0.497 e. The van der Waals surface area contributed by atoms with Crippen LogP contribution in [0.5, 0.6) is 5.75 Å². The van der Waals surface area contributed by atoms with Crippen molar-refractivity contribution >= 4 is 29.0 Å². The molecule has 2 aromatic rings. The van der Waals surface area contributed by atoms with Gasteiger partial charge in [0, 0.05) is 49.0 Å². The fourth-order valence-electron chi connectivity index (χ4n) is 2.81. The van der Waals surface area contributed by atoms with Gasteiger partial charge < -0.3 is 15.0 Å². The number of nitrogens with one attached hydrogen (secondary N) is 1. The van der Waals surface area contributed by atoms with Crippen molar-refractivity contribution in [1.82, 2.24) is 10.3 Å². The Labute approximate surface area is 146 Å². The number of carbonyl (C=O) groups is 1. The van der Waals surface area contributed by atoms with Crippen LogP contribution in [0.3, 0.4) is 0 Å². The van der Waals surface area contributed by atoms with E-state index in [4.69, 9.17) is 4.74 Å². The molecule has 1 aliphatic rings. The van der Waals surface area contributed by atoms with Gasteiger partial charge in [0.1, 0.15) is 10.8 Å². The van der Waals surface area contributed by atoms with Crippen molar-refractivity contribution in [2.75, 3.05) is 31.6 Å². The molecule has 1 fully saturated rings. The second-order valence-electron chi connectivity index (χ2n) is 5.75. The van der Waals surface area contributed by atoms with Crippen LogP contribution in [0.25, 0.3) is 6.08 Å². The van der Waals surface area contributed by atoms with Crippen molar-refractivity contribution in [1.29, 1.82) is 0 Å². The molecule has 1 amide bonds. The number of nitrogens with zero attached hydrogens (tertiary/aromatic N) is 2. The summed E-state index contributed by atoms with van der Waals surface area (Å²) in [5, 5.41) is 5.72. The molecule has 0 saturated carbocycles. The minimum atomic E-state index is -0.0648. The van der Waals surface area contributed by atoms with E-state index in [9.17, 15) is 4.79 Å². The summed E-state index contributed by atoms with van der Waals surface area (Å²) >= 11 is 1.51. The molecule has 0 aliphatic carbocycles. The van der Waals surface area contributed by atoms with Gasteiger partial charge in [-0.3, -0.25) is 4.79 Å². The first-order valence-corrected chi connectivity index (χ1v) is 8.87. The van der Waals surface area contributed by atoms with Crippen molar-refractivity contribution in [3.63, 3.8) is 0 Å². The molecule has 3 rings (SSSR count). The summed E-state index contributed by atoms with van der Waals surface area (Å²) in [5.74, 6) is 1.27. The van der Waals surface area contributed by atoms with Gasteiger partial charge in [0.15, 0.2) is 0 Å². The third-order valence-corrected chi connectivity index (χ3v) is 4.84. The van der Waals surface area contributed by atoms with Crippen LogP contribution in [-0.4, -0.2) is 37.6 Å². The van der Waals surface area contributed by atoms with Crippen molar-refractivity contribution in [3.8, 4) is 5.75 Å². The van der Waals surface area contributed by atoms with Gasteiger partial charge in [0.2, 0.25) is 5.91 Å². The summed E-state index contributed by atoms with van der Waals surface area (Å²) in [6, 6.07) is 8.11. The molecule has 24 heavy (non-hydrogen) atoms. The highest BCUT2D eigenvalue weighted by molar-refractivity contribution is 7.10. The molecule has 2 heterocycles. The first-order chi connectivity index (χ1) is 11.7. The quantitative estimate of drug-likeness (QED) is 0.820. The monoisotopic (exact) mass is 343 g/mol. The highest BCUT2D eigenvalue weighted by Crippen LogP contribution is 2.26. The smallest absolute Gasteiger partial charge is 0.244 e. The molecule has 1 aromatic carbocycles. The number of carbonyl (C=O) groups excluding carboxylic acids is 1. The topological polar surface area (TPSA) is 54.5 Å². The second kappa shape index (κ2) is 7.97. The number of hydrogen-bond donors (Lipinski definition) is 1. The average Bonchev–Trinajstić information content (AvgIpc) is 3.30. The Balaban J connectivity index is 1.46. The molecule has 0 radical (unpaired) electrons. The Morgan fingerprint density at radius 1 is 1.54 bits per heavy atom. The van der Waals surface area contributed by atoms with Crippen molar-refractivity contribution < 1.29 is 9.53 Å². The van der Waals surface area contributed by atoms with Crippen LogP contribution in [0, 0.1) is 5.92 Å². The van der Waals surface area contributed by atoms with E-state index in [0.29, 0.717) is 12.5 Å². The summed E-state index contributed by atoms with van der Waals surface area (Å²) in [4.78, 5) is 18.3. The Kier molecular flexibility index (Phi) is 5.48. The van der Waals surface area contributed by atoms with E-state index in [1.807, 2.05) is 17.5 Å². The van der Waals surface area contributed by atoms with Crippen LogP contribution >= 0.6 is 11.3 Å². The number of hydrogen-bond acceptors (Lipinski definition) is 5. The summed E-state index contributed by atoms with van der Waals surface area (Å²) in [7, 11) is 1.68. The van der Waals surface area contributed by atoms with Gasteiger partial charge in [-0.05, 0) is 30.5 Å². The predicted octanol–water partition coefficient (Wildman–Crippen LogP) is 2.81. The SMILES string of the molecule is COc1cccc(N2CCC(CNC(=O)C=Cc3nccs3)C2)c1. The summed E-state index contributed by atoms with van der Waals surface area (Å²) < 4.78 is 5.28. The Bertz CT molecular complexity index is 700. The lowest BCUT2D eigenvalue weighted by atomic mass is 10.1. The number of rotatable bonds is 6. The zero-order valence-electron chi connectivity index (χ0n) is 13.6. The average molecular weight is 343 g/mol. The van der Waals surface area contributed by atoms with Crippen LogP contribution in [0.4, 0.5) is 5.69 Å². The standard InChI is InChI=1S/C18H21N3O2S/c1-23-16-4-2-3-15(11-16)21-9-7-14(13-21)12-20-17(22)5-6-18-19-8-10-24-18/h2-6,8,10-11,14H,7,9,12-13H2,1H3,(H,20,22). The maximum atomic E-state index is 11.9. The lowest BCUT2D eigenvalue weighted by molar-refractivity contribution is -0.116. The fraction of sp³-hybridized carbons (Fsp3) is 0.333. The summed E-state index contributed by atoms with van der Waals surface area (Å²) in [6.45, 7) is 2.65. The van der Waals surface area contributed by atoms with Gasteiger partial charge in [-0.25, -0.2) is 4.98 Å².